The Bertz CT molecular complexity index is 628. The van der Waals surface area contributed by atoms with Gasteiger partial charge in [-0.15, -0.1) is 0 Å². The molecule has 96 valence electrons. The van der Waals surface area contributed by atoms with E-state index in [9.17, 15) is 4.79 Å². The van der Waals surface area contributed by atoms with Gasteiger partial charge in [-0.2, -0.15) is 0 Å². The molecule has 2 rings (SSSR count). The van der Waals surface area contributed by atoms with Gasteiger partial charge in [0.25, 0.3) is 5.56 Å². The van der Waals surface area contributed by atoms with Crippen LogP contribution in [0.25, 0.3) is 5.69 Å². The van der Waals surface area contributed by atoms with Crippen molar-refractivity contribution in [2.24, 2.45) is 7.05 Å². The van der Waals surface area contributed by atoms with Crippen molar-refractivity contribution >= 4 is 21.6 Å². The number of nitrogen functional groups attached to an aromatic ring is 1. The summed E-state index contributed by atoms with van der Waals surface area (Å²) in [5.41, 5.74) is 7.78. The van der Waals surface area contributed by atoms with E-state index in [0.717, 1.165) is 28.7 Å². The highest BCUT2D eigenvalue weighted by Gasteiger charge is 2.16. The van der Waals surface area contributed by atoms with E-state index in [0.29, 0.717) is 5.69 Å². The van der Waals surface area contributed by atoms with Crippen LogP contribution < -0.4 is 11.3 Å². The van der Waals surface area contributed by atoms with Crippen molar-refractivity contribution in [3.63, 3.8) is 0 Å². The summed E-state index contributed by atoms with van der Waals surface area (Å²) in [6.45, 7) is 2.07. The van der Waals surface area contributed by atoms with Gasteiger partial charge in [0.05, 0.1) is 11.4 Å². The summed E-state index contributed by atoms with van der Waals surface area (Å²) in [4.78, 5) is 12.2. The maximum atomic E-state index is 12.2. The molecule has 0 aliphatic carbocycles. The molecule has 2 N–H and O–H groups in total. The maximum Gasteiger partial charge on any atom is 0.294 e. The normalized spacial score (nSPS) is 10.8. The quantitative estimate of drug-likeness (QED) is 0.947. The molecular formula is C13H16BrN3O. The Morgan fingerprint density at radius 3 is 2.61 bits per heavy atom. The van der Waals surface area contributed by atoms with Crippen molar-refractivity contribution < 1.29 is 0 Å². The molecule has 0 bridgehead atoms. The third kappa shape index (κ3) is 1.99. The topological polar surface area (TPSA) is 53.0 Å². The van der Waals surface area contributed by atoms with E-state index in [-0.39, 0.29) is 5.56 Å². The fraction of sp³-hybridized carbons (Fsp3) is 0.308. The van der Waals surface area contributed by atoms with Crippen LogP contribution in [0, 0.1) is 0 Å². The molecule has 0 radical (unpaired) electrons. The average Bonchev–Trinajstić information content (AvgIpc) is 2.55. The minimum Gasteiger partial charge on any atom is -0.393 e. The number of benzene rings is 1. The number of rotatable bonds is 3. The molecule has 0 atom stereocenters. The smallest absolute Gasteiger partial charge is 0.294 e. The molecule has 0 fully saturated rings. The molecule has 0 amide bonds. The van der Waals surface area contributed by atoms with Gasteiger partial charge >= 0.3 is 0 Å². The van der Waals surface area contributed by atoms with Crippen LogP contribution in [0.3, 0.4) is 0 Å². The van der Waals surface area contributed by atoms with Crippen LogP contribution in [0.2, 0.25) is 0 Å². The van der Waals surface area contributed by atoms with Gasteiger partial charge in [-0.1, -0.05) is 25.5 Å². The number of nitrogens with two attached hydrogens (primary N) is 1. The Kier molecular flexibility index (Phi) is 3.61. The van der Waals surface area contributed by atoms with Gasteiger partial charge in [-0.25, -0.2) is 4.68 Å². The summed E-state index contributed by atoms with van der Waals surface area (Å²) in [7, 11) is 1.86. The molecule has 2 aromatic rings. The van der Waals surface area contributed by atoms with Crippen LogP contribution in [0.1, 0.15) is 19.0 Å². The minimum absolute atomic E-state index is 0.159. The lowest BCUT2D eigenvalue weighted by Crippen LogP contribution is -2.21. The summed E-state index contributed by atoms with van der Waals surface area (Å²) in [5, 5.41) is 0. The second-order valence-electron chi connectivity index (χ2n) is 4.20. The van der Waals surface area contributed by atoms with Gasteiger partial charge in [-0.05, 0) is 34.5 Å². The highest BCUT2D eigenvalue weighted by atomic mass is 79.9. The largest absolute Gasteiger partial charge is 0.393 e. The molecule has 18 heavy (non-hydrogen) atoms. The summed E-state index contributed by atoms with van der Waals surface area (Å²) in [6.07, 6.45) is 1.76. The first-order valence-corrected chi connectivity index (χ1v) is 6.68. The summed E-state index contributed by atoms with van der Waals surface area (Å²) >= 11 is 3.46. The predicted molar refractivity (Wildman–Crippen MR) is 77.1 cm³/mol. The van der Waals surface area contributed by atoms with E-state index < -0.39 is 0 Å². The Balaban J connectivity index is 2.70. The summed E-state index contributed by atoms with van der Waals surface area (Å²) in [6, 6.07) is 7.61. The third-order valence-corrected chi connectivity index (χ3v) is 3.66. The standard InChI is InChI=1S/C13H16BrN3O/c1-3-6-11-12(15)13(18)17(16(11)2)10-8-5-4-7-9(10)14/h4-5,7-8H,3,6,15H2,1-2H3. The fourth-order valence-electron chi connectivity index (χ4n) is 2.10. The molecule has 1 aromatic heterocycles. The predicted octanol–water partition coefficient (Wildman–Crippen LogP) is 2.47. The SMILES string of the molecule is CCCc1c(N)c(=O)n(-c2ccccc2Br)n1C. The second-order valence-corrected chi connectivity index (χ2v) is 5.06. The van der Waals surface area contributed by atoms with Crippen LogP contribution in [-0.4, -0.2) is 9.36 Å². The van der Waals surface area contributed by atoms with Gasteiger partial charge in [0, 0.05) is 11.5 Å². The number of hydrogen-bond acceptors (Lipinski definition) is 2. The molecule has 0 saturated carbocycles. The zero-order chi connectivity index (χ0) is 13.3. The first kappa shape index (κ1) is 13.0. The molecule has 0 unspecified atom stereocenters. The number of para-hydroxylation sites is 1. The van der Waals surface area contributed by atoms with Crippen LogP contribution in [0.5, 0.6) is 0 Å². The van der Waals surface area contributed by atoms with Crippen molar-refractivity contribution in [1.29, 1.82) is 0 Å². The lowest BCUT2D eigenvalue weighted by molar-refractivity contribution is 0.609. The van der Waals surface area contributed by atoms with Gasteiger partial charge in [0.2, 0.25) is 0 Å². The van der Waals surface area contributed by atoms with E-state index >= 15 is 0 Å². The number of halogens is 1. The Morgan fingerprint density at radius 1 is 1.33 bits per heavy atom. The zero-order valence-corrected chi connectivity index (χ0v) is 12.1. The van der Waals surface area contributed by atoms with Crippen LogP contribution in [0.15, 0.2) is 33.5 Å². The lowest BCUT2D eigenvalue weighted by atomic mass is 10.2. The molecule has 0 saturated heterocycles. The number of aromatic nitrogens is 2. The van der Waals surface area contributed by atoms with Crippen molar-refractivity contribution in [1.82, 2.24) is 9.36 Å². The Morgan fingerprint density at radius 2 is 2.00 bits per heavy atom. The molecule has 0 aliphatic rings. The number of nitrogens with zero attached hydrogens (tertiary/aromatic N) is 2. The van der Waals surface area contributed by atoms with Gasteiger partial charge in [0.15, 0.2) is 0 Å². The Labute approximate surface area is 114 Å². The van der Waals surface area contributed by atoms with Gasteiger partial charge in [-0.3, -0.25) is 9.48 Å². The van der Waals surface area contributed by atoms with E-state index in [2.05, 4.69) is 22.9 Å². The van der Waals surface area contributed by atoms with Crippen molar-refractivity contribution in [3.8, 4) is 5.69 Å². The highest BCUT2D eigenvalue weighted by molar-refractivity contribution is 9.10. The molecule has 1 aromatic carbocycles. The first-order valence-electron chi connectivity index (χ1n) is 5.89. The minimum atomic E-state index is -0.159. The van der Waals surface area contributed by atoms with Crippen molar-refractivity contribution in [2.45, 2.75) is 19.8 Å². The Hall–Kier alpha value is -1.49. The van der Waals surface area contributed by atoms with Crippen LogP contribution in [0.4, 0.5) is 5.69 Å². The lowest BCUT2D eigenvalue weighted by Gasteiger charge is -2.10. The number of anilines is 1. The van der Waals surface area contributed by atoms with Crippen molar-refractivity contribution in [3.05, 3.63) is 44.8 Å². The van der Waals surface area contributed by atoms with E-state index in [1.807, 2.05) is 36.0 Å². The average molecular weight is 310 g/mol. The molecule has 0 aliphatic heterocycles. The van der Waals surface area contributed by atoms with Crippen molar-refractivity contribution in [2.75, 3.05) is 5.73 Å². The molecule has 0 spiro atoms. The summed E-state index contributed by atoms with van der Waals surface area (Å²) in [5.74, 6) is 0. The summed E-state index contributed by atoms with van der Waals surface area (Å²) < 4.78 is 4.31. The zero-order valence-electron chi connectivity index (χ0n) is 10.5. The highest BCUT2D eigenvalue weighted by Crippen LogP contribution is 2.21. The van der Waals surface area contributed by atoms with Gasteiger partial charge < -0.3 is 5.73 Å². The third-order valence-electron chi connectivity index (χ3n) is 2.99. The monoisotopic (exact) mass is 309 g/mol. The van der Waals surface area contributed by atoms with Crippen LogP contribution >= 0.6 is 15.9 Å². The molecule has 5 heteroatoms. The molecule has 1 heterocycles. The van der Waals surface area contributed by atoms with E-state index in [1.165, 1.54) is 0 Å². The fourth-order valence-corrected chi connectivity index (χ4v) is 2.55. The second kappa shape index (κ2) is 5.02. The first-order chi connectivity index (χ1) is 8.57. The van der Waals surface area contributed by atoms with Crippen LogP contribution in [-0.2, 0) is 13.5 Å². The molecular weight excluding hydrogens is 294 g/mol. The number of hydrogen-bond donors (Lipinski definition) is 1. The van der Waals surface area contributed by atoms with Gasteiger partial charge in [0.1, 0.15) is 5.69 Å². The van der Waals surface area contributed by atoms with E-state index in [4.69, 9.17) is 5.73 Å². The van der Waals surface area contributed by atoms with E-state index in [1.54, 1.807) is 4.68 Å². The molecule has 4 nitrogen and oxygen atoms in total. The maximum absolute atomic E-state index is 12.2.